The van der Waals surface area contributed by atoms with E-state index in [9.17, 15) is 13.2 Å². The van der Waals surface area contributed by atoms with Crippen molar-refractivity contribution in [2.75, 3.05) is 6.54 Å². The molecule has 2 aromatic carbocycles. The number of hydrogen-bond acceptors (Lipinski definition) is 5. The molecule has 0 aliphatic heterocycles. The second-order valence-corrected chi connectivity index (χ2v) is 8.81. The van der Waals surface area contributed by atoms with Crippen LogP contribution < -0.4 is 5.32 Å². The van der Waals surface area contributed by atoms with Crippen LogP contribution in [0.3, 0.4) is 0 Å². The van der Waals surface area contributed by atoms with Crippen molar-refractivity contribution in [3.05, 3.63) is 95.9 Å². The fourth-order valence-electron chi connectivity index (χ4n) is 3.18. The monoisotopic (exact) mass is 420 g/mol. The highest BCUT2D eigenvalue weighted by molar-refractivity contribution is 7.90. The molecule has 7 nitrogen and oxygen atoms in total. The van der Waals surface area contributed by atoms with E-state index in [1.807, 2.05) is 28.8 Å². The smallest absolute Gasteiger partial charge is 0.251 e. The number of carbonyl (C=O) groups is 1. The van der Waals surface area contributed by atoms with Gasteiger partial charge in [0.1, 0.15) is 5.82 Å². The van der Waals surface area contributed by atoms with Gasteiger partial charge in [0.2, 0.25) is 0 Å². The molecule has 0 aliphatic carbocycles. The highest BCUT2D eigenvalue weighted by Gasteiger charge is 2.16. The van der Waals surface area contributed by atoms with Crippen molar-refractivity contribution in [3.63, 3.8) is 0 Å². The van der Waals surface area contributed by atoms with Crippen LogP contribution in [0.5, 0.6) is 0 Å². The van der Waals surface area contributed by atoms with E-state index >= 15 is 0 Å². The molecule has 0 saturated carbocycles. The van der Waals surface area contributed by atoms with Crippen molar-refractivity contribution in [2.45, 2.75) is 17.1 Å². The largest absolute Gasteiger partial charge is 0.352 e. The Hall–Kier alpha value is -3.52. The molecule has 152 valence electrons. The lowest BCUT2D eigenvalue weighted by Gasteiger charge is -2.08. The van der Waals surface area contributed by atoms with Crippen molar-refractivity contribution >= 4 is 21.4 Å². The Morgan fingerprint density at radius 3 is 2.57 bits per heavy atom. The first kappa shape index (κ1) is 19.8. The molecule has 0 radical (unpaired) electrons. The maximum absolute atomic E-state index is 12.6. The Bertz CT molecular complexity index is 1280. The first-order valence-corrected chi connectivity index (χ1v) is 11.1. The fraction of sp³-hybridized carbons (Fsp3) is 0.136. The van der Waals surface area contributed by atoms with Crippen molar-refractivity contribution in [1.29, 1.82) is 0 Å². The lowest BCUT2D eigenvalue weighted by molar-refractivity contribution is 0.0954. The summed E-state index contributed by atoms with van der Waals surface area (Å²) >= 11 is 0. The number of pyridine rings is 1. The van der Waals surface area contributed by atoms with Gasteiger partial charge in [0.25, 0.3) is 5.91 Å². The number of carbonyl (C=O) groups excluding carboxylic acids is 1. The zero-order valence-electron chi connectivity index (χ0n) is 16.1. The van der Waals surface area contributed by atoms with Gasteiger partial charge in [-0.25, -0.2) is 8.42 Å². The predicted octanol–water partition coefficient (Wildman–Crippen LogP) is 2.68. The topological polar surface area (TPSA) is 93.4 Å². The van der Waals surface area contributed by atoms with E-state index in [-0.39, 0.29) is 16.6 Å². The Labute approximate surface area is 174 Å². The minimum absolute atomic E-state index is 0.163. The van der Waals surface area contributed by atoms with E-state index in [2.05, 4.69) is 15.5 Å². The molecule has 0 saturated heterocycles. The zero-order chi connectivity index (χ0) is 21.0. The van der Waals surface area contributed by atoms with E-state index in [4.69, 9.17) is 0 Å². The number of nitrogens with zero attached hydrogens (tertiary/aromatic N) is 3. The first-order valence-electron chi connectivity index (χ1n) is 9.46. The predicted molar refractivity (Wildman–Crippen MR) is 113 cm³/mol. The van der Waals surface area contributed by atoms with Crippen LogP contribution in [0.15, 0.2) is 83.9 Å². The Morgan fingerprint density at radius 2 is 1.73 bits per heavy atom. The van der Waals surface area contributed by atoms with Gasteiger partial charge in [0.15, 0.2) is 15.5 Å². The van der Waals surface area contributed by atoms with Gasteiger partial charge >= 0.3 is 0 Å². The van der Waals surface area contributed by atoms with Crippen LogP contribution in [0, 0.1) is 0 Å². The molecule has 0 fully saturated rings. The van der Waals surface area contributed by atoms with E-state index in [0.29, 0.717) is 24.1 Å². The average molecular weight is 420 g/mol. The zero-order valence-corrected chi connectivity index (χ0v) is 16.9. The Morgan fingerprint density at radius 1 is 0.933 bits per heavy atom. The van der Waals surface area contributed by atoms with Gasteiger partial charge in [-0.05, 0) is 42.0 Å². The van der Waals surface area contributed by atoms with E-state index < -0.39 is 9.84 Å². The van der Waals surface area contributed by atoms with Crippen LogP contribution in [-0.4, -0.2) is 35.5 Å². The highest BCUT2D eigenvalue weighted by atomic mass is 32.2. The fourth-order valence-corrected chi connectivity index (χ4v) is 4.54. The number of sulfone groups is 1. The minimum atomic E-state index is -3.47. The van der Waals surface area contributed by atoms with Crippen molar-refractivity contribution in [1.82, 2.24) is 19.9 Å². The molecule has 8 heteroatoms. The minimum Gasteiger partial charge on any atom is -0.352 e. The van der Waals surface area contributed by atoms with Crippen LogP contribution in [0.25, 0.3) is 5.65 Å². The van der Waals surface area contributed by atoms with Crippen LogP contribution in [0.2, 0.25) is 0 Å². The molecule has 0 atom stereocenters. The third-order valence-corrected chi connectivity index (χ3v) is 6.37. The maximum Gasteiger partial charge on any atom is 0.251 e. The molecular weight excluding hydrogens is 400 g/mol. The van der Waals surface area contributed by atoms with Crippen LogP contribution in [0.1, 0.15) is 21.7 Å². The summed E-state index contributed by atoms with van der Waals surface area (Å²) in [5.74, 6) is 0.334. The van der Waals surface area contributed by atoms with Crippen molar-refractivity contribution in [2.24, 2.45) is 0 Å². The van der Waals surface area contributed by atoms with Crippen molar-refractivity contribution < 1.29 is 13.2 Å². The van der Waals surface area contributed by atoms with Gasteiger partial charge in [-0.3, -0.25) is 9.20 Å². The van der Waals surface area contributed by atoms with Crippen LogP contribution >= 0.6 is 0 Å². The third-order valence-electron chi connectivity index (χ3n) is 4.67. The SMILES string of the molecule is O=C(NCCc1nnc2ccccn12)c1cccc(CS(=O)(=O)c2ccccc2)c1. The molecule has 0 bridgehead atoms. The molecule has 1 N–H and O–H groups in total. The van der Waals surface area contributed by atoms with E-state index in [0.717, 1.165) is 11.5 Å². The second-order valence-electron chi connectivity index (χ2n) is 6.82. The van der Waals surface area contributed by atoms with Crippen LogP contribution in [0.4, 0.5) is 0 Å². The van der Waals surface area contributed by atoms with E-state index in [1.54, 1.807) is 54.6 Å². The quantitative estimate of drug-likeness (QED) is 0.496. The second kappa shape index (κ2) is 8.46. The molecule has 1 amide bonds. The summed E-state index contributed by atoms with van der Waals surface area (Å²) in [6.45, 7) is 0.390. The Balaban J connectivity index is 1.40. The molecule has 0 spiro atoms. The summed E-state index contributed by atoms with van der Waals surface area (Å²) in [5.41, 5.74) is 1.74. The summed E-state index contributed by atoms with van der Waals surface area (Å²) in [5, 5.41) is 11.1. The number of aromatic nitrogens is 3. The molecule has 2 aromatic heterocycles. The maximum atomic E-state index is 12.6. The van der Waals surface area contributed by atoms with Gasteiger partial charge in [-0.15, -0.1) is 10.2 Å². The number of benzene rings is 2. The molecule has 4 rings (SSSR count). The van der Waals surface area contributed by atoms with Gasteiger partial charge in [0.05, 0.1) is 10.6 Å². The standard InChI is InChI=1S/C22H20N4O3S/c27-22(23-13-12-21-25-24-20-11-4-5-14-26(20)21)18-8-6-7-17(15-18)16-30(28,29)19-9-2-1-3-10-19/h1-11,14-15H,12-13,16H2,(H,23,27). The molecule has 30 heavy (non-hydrogen) atoms. The summed E-state index contributed by atoms with van der Waals surface area (Å²) in [6.07, 6.45) is 2.40. The number of hydrogen-bond donors (Lipinski definition) is 1. The average Bonchev–Trinajstić information content (AvgIpc) is 3.17. The number of fused-ring (bicyclic) bond motifs is 1. The van der Waals surface area contributed by atoms with E-state index in [1.165, 1.54) is 0 Å². The molecule has 0 aliphatic rings. The van der Waals surface area contributed by atoms with Gasteiger partial charge in [0, 0.05) is 24.7 Å². The summed E-state index contributed by atoms with van der Waals surface area (Å²) < 4.78 is 27.0. The summed E-state index contributed by atoms with van der Waals surface area (Å²) in [7, 11) is -3.47. The van der Waals surface area contributed by atoms with Gasteiger partial charge in [-0.1, -0.05) is 36.4 Å². The van der Waals surface area contributed by atoms with Crippen molar-refractivity contribution in [3.8, 4) is 0 Å². The number of rotatable bonds is 7. The van der Waals surface area contributed by atoms with Crippen LogP contribution in [-0.2, 0) is 22.0 Å². The Kier molecular flexibility index (Phi) is 5.58. The summed E-state index contributed by atoms with van der Waals surface area (Å²) in [4.78, 5) is 12.8. The van der Waals surface area contributed by atoms with Gasteiger partial charge < -0.3 is 5.32 Å². The normalized spacial score (nSPS) is 11.5. The number of nitrogens with one attached hydrogen (secondary N) is 1. The summed E-state index contributed by atoms with van der Waals surface area (Å²) in [6, 6.07) is 20.6. The molecule has 2 heterocycles. The molecular formula is C22H20N4O3S. The molecule has 4 aromatic rings. The lowest BCUT2D eigenvalue weighted by Crippen LogP contribution is -2.26. The highest BCUT2D eigenvalue weighted by Crippen LogP contribution is 2.17. The molecule has 0 unspecified atom stereocenters. The number of amides is 1. The lowest BCUT2D eigenvalue weighted by atomic mass is 10.1. The third kappa shape index (κ3) is 4.38. The first-order chi connectivity index (χ1) is 14.5. The van der Waals surface area contributed by atoms with Gasteiger partial charge in [-0.2, -0.15) is 0 Å².